The molecule has 1 N–H and O–H groups in total. The highest BCUT2D eigenvalue weighted by Gasteiger charge is 2.19. The highest BCUT2D eigenvalue weighted by atomic mass is 15.5. The Hall–Kier alpha value is -3.09. The van der Waals surface area contributed by atoms with Gasteiger partial charge in [0.05, 0.1) is 5.56 Å². The lowest BCUT2D eigenvalue weighted by Gasteiger charge is -1.98. The predicted octanol–water partition coefficient (Wildman–Crippen LogP) is 1.58. The van der Waals surface area contributed by atoms with Crippen LogP contribution in [0.5, 0.6) is 0 Å². The van der Waals surface area contributed by atoms with Crippen LogP contribution in [0.4, 0.5) is 0 Å². The summed E-state index contributed by atoms with van der Waals surface area (Å²) in [6.45, 7) is 0. The molecule has 0 aliphatic carbocycles. The highest BCUT2D eigenvalue weighted by molar-refractivity contribution is 5.87. The van der Waals surface area contributed by atoms with Gasteiger partial charge < -0.3 is 0 Å². The number of benzene rings is 1. The molecule has 0 bridgehead atoms. The smallest absolute Gasteiger partial charge is 0.185 e. The molecule has 7 nitrogen and oxygen atoms in total. The third-order valence-corrected chi connectivity index (χ3v) is 3.02. The molecule has 0 unspecified atom stereocenters. The molecule has 0 atom stereocenters. The van der Waals surface area contributed by atoms with Crippen molar-refractivity contribution >= 4 is 5.65 Å². The molecule has 0 aliphatic heterocycles. The number of hydrogen-bond donors (Lipinski definition) is 1. The van der Waals surface area contributed by atoms with Crippen molar-refractivity contribution in [3.8, 4) is 22.6 Å². The van der Waals surface area contributed by atoms with Crippen LogP contribution >= 0.6 is 0 Å². The Bertz CT molecular complexity index is 849. The lowest BCUT2D eigenvalue weighted by molar-refractivity contribution is 0.881. The Labute approximate surface area is 113 Å². The maximum absolute atomic E-state index is 4.58. The topological polar surface area (TPSA) is 84.7 Å². The van der Waals surface area contributed by atoms with Gasteiger partial charge in [0.2, 0.25) is 0 Å². The van der Waals surface area contributed by atoms with Crippen LogP contribution in [0.15, 0.2) is 48.8 Å². The minimum Gasteiger partial charge on any atom is -0.239 e. The van der Waals surface area contributed by atoms with E-state index in [1.165, 1.54) is 0 Å². The van der Waals surface area contributed by atoms with E-state index in [0.717, 1.165) is 16.8 Å². The normalized spacial score (nSPS) is 11.0. The van der Waals surface area contributed by atoms with Gasteiger partial charge in [-0.25, -0.2) is 14.6 Å². The summed E-state index contributed by atoms with van der Waals surface area (Å²) >= 11 is 0. The number of fused-ring (bicyclic) bond motifs is 1. The van der Waals surface area contributed by atoms with E-state index in [0.29, 0.717) is 11.5 Å². The molecule has 4 rings (SSSR count). The lowest BCUT2D eigenvalue weighted by Crippen LogP contribution is -1.88. The van der Waals surface area contributed by atoms with Crippen LogP contribution in [-0.2, 0) is 0 Å². The number of aromatic amines is 1. The summed E-state index contributed by atoms with van der Waals surface area (Å²) in [5.41, 5.74) is 3.29. The third kappa shape index (κ3) is 1.57. The van der Waals surface area contributed by atoms with E-state index in [1.54, 1.807) is 10.7 Å². The predicted molar refractivity (Wildman–Crippen MR) is 71.6 cm³/mol. The molecule has 0 saturated carbocycles. The van der Waals surface area contributed by atoms with E-state index in [9.17, 15) is 0 Å². The van der Waals surface area contributed by atoms with Crippen LogP contribution in [0.2, 0.25) is 0 Å². The molecular weight excluding hydrogens is 254 g/mol. The first-order chi connectivity index (χ1) is 9.93. The average molecular weight is 263 g/mol. The second-order valence-electron chi connectivity index (χ2n) is 4.23. The van der Waals surface area contributed by atoms with Gasteiger partial charge >= 0.3 is 0 Å². The van der Waals surface area contributed by atoms with Gasteiger partial charge in [0.25, 0.3) is 0 Å². The van der Waals surface area contributed by atoms with Crippen LogP contribution in [0.1, 0.15) is 0 Å². The van der Waals surface area contributed by atoms with Crippen LogP contribution < -0.4 is 0 Å². The second-order valence-corrected chi connectivity index (χ2v) is 4.23. The molecule has 7 heteroatoms. The molecular formula is C13H9N7. The van der Waals surface area contributed by atoms with Crippen LogP contribution in [0.3, 0.4) is 0 Å². The molecule has 0 spiro atoms. The van der Waals surface area contributed by atoms with Gasteiger partial charge in [-0.15, -0.1) is 5.10 Å². The number of aromatic nitrogens is 7. The highest BCUT2D eigenvalue weighted by Crippen LogP contribution is 2.31. The first-order valence-electron chi connectivity index (χ1n) is 6.06. The van der Waals surface area contributed by atoms with Crippen molar-refractivity contribution in [2.75, 3.05) is 0 Å². The van der Waals surface area contributed by atoms with Crippen molar-refractivity contribution in [1.29, 1.82) is 0 Å². The van der Waals surface area contributed by atoms with Gasteiger partial charge in [-0.2, -0.15) is 5.10 Å². The van der Waals surface area contributed by atoms with Gasteiger partial charge in [0.15, 0.2) is 11.5 Å². The van der Waals surface area contributed by atoms with Crippen molar-refractivity contribution in [1.82, 2.24) is 35.2 Å². The molecule has 1 aromatic carbocycles. The molecule has 0 amide bonds. The van der Waals surface area contributed by atoms with Gasteiger partial charge in [0, 0.05) is 18.0 Å². The zero-order valence-electron chi connectivity index (χ0n) is 10.3. The fourth-order valence-corrected chi connectivity index (χ4v) is 2.17. The fourth-order valence-electron chi connectivity index (χ4n) is 2.17. The first kappa shape index (κ1) is 10.8. The number of tetrazole rings is 1. The zero-order chi connectivity index (χ0) is 13.4. The second kappa shape index (κ2) is 4.23. The summed E-state index contributed by atoms with van der Waals surface area (Å²) in [6, 6.07) is 11.7. The van der Waals surface area contributed by atoms with Crippen LogP contribution in [-0.4, -0.2) is 35.2 Å². The SMILES string of the molecule is c1ccc(-c2nn3cccnc3c2-c2nnn[nH]2)cc1. The monoisotopic (exact) mass is 263 g/mol. The standard InChI is InChI=1S/C13H9N7/c1-2-5-9(6-3-1)11-10(12-15-18-19-16-12)13-14-7-4-8-20(13)17-11/h1-8H,(H,15,16,18,19). The number of rotatable bonds is 2. The Morgan fingerprint density at radius 2 is 1.95 bits per heavy atom. The maximum atomic E-state index is 4.58. The van der Waals surface area contributed by atoms with E-state index in [4.69, 9.17) is 0 Å². The maximum Gasteiger partial charge on any atom is 0.185 e. The number of nitrogens with one attached hydrogen (secondary N) is 1. The summed E-state index contributed by atoms with van der Waals surface area (Å²) in [5.74, 6) is 0.553. The van der Waals surface area contributed by atoms with E-state index in [2.05, 4.69) is 30.7 Å². The first-order valence-corrected chi connectivity index (χ1v) is 6.06. The van der Waals surface area contributed by atoms with Crippen molar-refractivity contribution in [2.24, 2.45) is 0 Å². The molecule has 0 aliphatic rings. The van der Waals surface area contributed by atoms with E-state index >= 15 is 0 Å². The largest absolute Gasteiger partial charge is 0.239 e. The quantitative estimate of drug-likeness (QED) is 0.593. The van der Waals surface area contributed by atoms with Gasteiger partial charge in [-0.3, -0.25) is 0 Å². The molecule has 0 saturated heterocycles. The molecule has 0 radical (unpaired) electrons. The Morgan fingerprint density at radius 1 is 1.05 bits per heavy atom. The van der Waals surface area contributed by atoms with Gasteiger partial charge in [-0.1, -0.05) is 30.3 Å². The summed E-state index contributed by atoms with van der Waals surface area (Å²) < 4.78 is 1.72. The van der Waals surface area contributed by atoms with E-state index in [-0.39, 0.29) is 0 Å². The average Bonchev–Trinajstić information content (AvgIpc) is 3.14. The van der Waals surface area contributed by atoms with E-state index in [1.807, 2.05) is 42.6 Å². The molecule has 3 heterocycles. The zero-order valence-corrected chi connectivity index (χ0v) is 10.3. The Kier molecular flexibility index (Phi) is 2.28. The lowest BCUT2D eigenvalue weighted by atomic mass is 10.1. The third-order valence-electron chi connectivity index (χ3n) is 3.02. The van der Waals surface area contributed by atoms with Crippen molar-refractivity contribution in [3.05, 3.63) is 48.8 Å². The summed E-state index contributed by atoms with van der Waals surface area (Å²) in [5, 5.41) is 18.6. The van der Waals surface area contributed by atoms with Crippen LogP contribution in [0.25, 0.3) is 28.3 Å². The number of H-pyrrole nitrogens is 1. The van der Waals surface area contributed by atoms with Crippen molar-refractivity contribution < 1.29 is 0 Å². The Balaban J connectivity index is 2.08. The van der Waals surface area contributed by atoms with Crippen LogP contribution in [0, 0.1) is 0 Å². The van der Waals surface area contributed by atoms with Crippen molar-refractivity contribution in [3.63, 3.8) is 0 Å². The molecule has 4 aromatic rings. The minimum absolute atomic E-state index is 0.553. The minimum atomic E-state index is 0.553. The molecule has 3 aromatic heterocycles. The number of hydrogen-bond acceptors (Lipinski definition) is 5. The summed E-state index contributed by atoms with van der Waals surface area (Å²) in [4.78, 5) is 4.37. The van der Waals surface area contributed by atoms with E-state index < -0.39 is 0 Å². The summed E-state index contributed by atoms with van der Waals surface area (Å²) in [6.07, 6.45) is 3.57. The summed E-state index contributed by atoms with van der Waals surface area (Å²) in [7, 11) is 0. The van der Waals surface area contributed by atoms with Gasteiger partial charge in [0.1, 0.15) is 5.69 Å². The van der Waals surface area contributed by atoms with Crippen molar-refractivity contribution in [2.45, 2.75) is 0 Å². The van der Waals surface area contributed by atoms with Gasteiger partial charge in [-0.05, 0) is 16.5 Å². The molecule has 0 fully saturated rings. The number of nitrogens with zero attached hydrogens (tertiary/aromatic N) is 6. The molecule has 96 valence electrons. The fraction of sp³-hybridized carbons (Fsp3) is 0. The Morgan fingerprint density at radius 3 is 2.75 bits per heavy atom. The molecule has 20 heavy (non-hydrogen) atoms.